The average molecular weight is 524 g/mol. The number of urea groups is 1. The van der Waals surface area contributed by atoms with Gasteiger partial charge in [-0.15, -0.1) is 0 Å². The minimum atomic E-state index is -0.428. The number of fused-ring (bicyclic) bond motifs is 1. The Morgan fingerprint density at radius 1 is 1.21 bits per heavy atom. The summed E-state index contributed by atoms with van der Waals surface area (Å²) in [6.07, 6.45) is 5.98. The zero-order valence-electron chi connectivity index (χ0n) is 21.8. The van der Waals surface area contributed by atoms with Crippen molar-refractivity contribution < 1.29 is 14.4 Å². The highest BCUT2D eigenvalue weighted by molar-refractivity contribution is 6.13. The largest absolute Gasteiger partial charge is 0.348 e. The second-order valence-electron chi connectivity index (χ2n) is 9.52. The van der Waals surface area contributed by atoms with Crippen molar-refractivity contribution in [1.29, 1.82) is 0 Å². The number of aromatic nitrogens is 3. The maximum Gasteiger partial charge on any atom is 0.331 e. The Bertz CT molecular complexity index is 1490. The van der Waals surface area contributed by atoms with Crippen molar-refractivity contribution in [2.24, 2.45) is 0 Å². The number of pyridine rings is 1. The molecule has 198 valence electrons. The number of amides is 4. The maximum absolute atomic E-state index is 13.5. The number of hydrogen-bond donors (Lipinski definition) is 2. The van der Waals surface area contributed by atoms with Gasteiger partial charge in [0, 0.05) is 47.7 Å². The second kappa shape index (κ2) is 10.9. The Hall–Kier alpha value is -4.86. The second-order valence-corrected chi connectivity index (χ2v) is 9.52. The molecule has 0 bridgehead atoms. The molecule has 0 aliphatic carbocycles. The number of likely N-dealkylation sites (tertiary alicyclic amines) is 1. The van der Waals surface area contributed by atoms with Crippen LogP contribution in [0.3, 0.4) is 0 Å². The number of carbonyl (C=O) groups is 3. The fourth-order valence-electron chi connectivity index (χ4n) is 4.98. The predicted molar refractivity (Wildman–Crippen MR) is 148 cm³/mol. The van der Waals surface area contributed by atoms with Crippen molar-refractivity contribution in [1.82, 2.24) is 30.7 Å². The highest BCUT2D eigenvalue weighted by Crippen LogP contribution is 2.38. The van der Waals surface area contributed by atoms with Gasteiger partial charge in [-0.05, 0) is 44.9 Å². The summed E-state index contributed by atoms with van der Waals surface area (Å²) in [5.74, 6) is -0.469. The molecule has 0 unspecified atom stereocenters. The molecule has 0 saturated carbocycles. The van der Waals surface area contributed by atoms with Gasteiger partial charge in [0.1, 0.15) is 0 Å². The van der Waals surface area contributed by atoms with Crippen LogP contribution in [-0.4, -0.2) is 57.1 Å². The summed E-state index contributed by atoms with van der Waals surface area (Å²) in [7, 11) is 0. The van der Waals surface area contributed by atoms with E-state index in [9.17, 15) is 14.4 Å². The molecule has 0 spiro atoms. The number of carbonyl (C=O) groups excluding carboxylic acids is 3. The van der Waals surface area contributed by atoms with Crippen molar-refractivity contribution >= 4 is 34.9 Å². The molecule has 1 saturated heterocycles. The number of piperidine rings is 1. The van der Waals surface area contributed by atoms with Crippen LogP contribution in [0.4, 0.5) is 16.2 Å². The summed E-state index contributed by atoms with van der Waals surface area (Å²) in [4.78, 5) is 46.5. The molecule has 1 atom stereocenters. The van der Waals surface area contributed by atoms with E-state index in [-0.39, 0.29) is 17.9 Å². The third kappa shape index (κ3) is 5.13. The third-order valence-electron chi connectivity index (χ3n) is 6.97. The van der Waals surface area contributed by atoms with E-state index < -0.39 is 6.03 Å². The number of rotatable bonds is 5. The number of anilines is 2. The van der Waals surface area contributed by atoms with Crippen LogP contribution in [0.2, 0.25) is 0 Å². The van der Waals surface area contributed by atoms with Crippen molar-refractivity contribution in [3.05, 3.63) is 84.3 Å². The van der Waals surface area contributed by atoms with Gasteiger partial charge < -0.3 is 15.5 Å². The van der Waals surface area contributed by atoms with E-state index in [1.54, 1.807) is 30.2 Å². The summed E-state index contributed by atoms with van der Waals surface area (Å²) < 4.78 is 0. The fraction of sp³-hybridized carbons (Fsp3) is 0.241. The predicted octanol–water partition coefficient (Wildman–Crippen LogP) is 3.73. The van der Waals surface area contributed by atoms with E-state index in [2.05, 4.69) is 32.4 Å². The fourth-order valence-corrected chi connectivity index (χ4v) is 4.98. The standard InChI is InChI=1S/C29H29N7O3/c1-4-25(37)35-14-8-11-21(17-35)32-28(38)18(2)27-26-19(3)30-13-12-24(26)36(29(39)33-27)22-15-23(34-31-16-22)20-9-6-5-7-10-20/h4-7,9-10,12-13,15-16,21H,1,8,11,14,17H2,2-3H3,(H,32,38)(H,33,39)/b27-18-/t21-/m1/s1. The molecule has 10 nitrogen and oxygen atoms in total. The Kier molecular flexibility index (Phi) is 7.18. The van der Waals surface area contributed by atoms with Crippen LogP contribution in [-0.2, 0) is 9.59 Å². The number of benzene rings is 1. The van der Waals surface area contributed by atoms with Gasteiger partial charge in [0.2, 0.25) is 11.8 Å². The van der Waals surface area contributed by atoms with Crippen LogP contribution in [0.15, 0.2) is 73.1 Å². The Labute approximate surface area is 226 Å². The zero-order chi connectivity index (χ0) is 27.5. The molecule has 2 aliphatic heterocycles. The van der Waals surface area contributed by atoms with E-state index in [1.807, 2.05) is 37.3 Å². The van der Waals surface area contributed by atoms with E-state index in [4.69, 9.17) is 0 Å². The van der Waals surface area contributed by atoms with Gasteiger partial charge in [-0.2, -0.15) is 10.2 Å². The van der Waals surface area contributed by atoms with Crippen molar-refractivity contribution in [3.8, 4) is 11.3 Å². The smallest absolute Gasteiger partial charge is 0.331 e. The summed E-state index contributed by atoms with van der Waals surface area (Å²) in [6.45, 7) is 8.11. The normalized spacial score (nSPS) is 18.1. The molecule has 3 aromatic rings. The topological polar surface area (TPSA) is 120 Å². The molecule has 5 rings (SSSR count). The van der Waals surface area contributed by atoms with Crippen molar-refractivity contribution in [2.45, 2.75) is 32.7 Å². The SMILES string of the molecule is C=CC(=O)N1CCC[C@@H](NC(=O)/C(C)=C2\NC(=O)N(c3cnnc(-c4ccccc4)c3)c3ccnc(C)c32)C1. The lowest BCUT2D eigenvalue weighted by atomic mass is 9.99. The summed E-state index contributed by atoms with van der Waals surface area (Å²) in [5.41, 5.74) is 4.67. The van der Waals surface area contributed by atoms with E-state index in [1.165, 1.54) is 17.2 Å². The van der Waals surface area contributed by atoms with Crippen LogP contribution in [0.1, 0.15) is 31.0 Å². The summed E-state index contributed by atoms with van der Waals surface area (Å²) in [5, 5.41) is 14.3. The van der Waals surface area contributed by atoms with Gasteiger partial charge >= 0.3 is 6.03 Å². The first-order chi connectivity index (χ1) is 18.9. The molecular formula is C29H29N7O3. The maximum atomic E-state index is 13.5. The molecule has 2 aromatic heterocycles. The number of hydrogen-bond acceptors (Lipinski definition) is 6. The first-order valence-corrected chi connectivity index (χ1v) is 12.8. The summed E-state index contributed by atoms with van der Waals surface area (Å²) >= 11 is 0. The molecule has 2 aliphatic rings. The van der Waals surface area contributed by atoms with Crippen LogP contribution in [0.5, 0.6) is 0 Å². The lowest BCUT2D eigenvalue weighted by Gasteiger charge is -2.34. The molecule has 4 amide bonds. The number of nitrogens with zero attached hydrogens (tertiary/aromatic N) is 5. The number of nitrogens with one attached hydrogen (secondary N) is 2. The zero-order valence-corrected chi connectivity index (χ0v) is 21.8. The van der Waals surface area contributed by atoms with E-state index >= 15 is 0 Å². The monoisotopic (exact) mass is 523 g/mol. The highest BCUT2D eigenvalue weighted by Gasteiger charge is 2.33. The van der Waals surface area contributed by atoms with Crippen LogP contribution in [0.25, 0.3) is 17.0 Å². The van der Waals surface area contributed by atoms with Gasteiger partial charge in [0.15, 0.2) is 0 Å². The van der Waals surface area contributed by atoms with Gasteiger partial charge in [0.25, 0.3) is 0 Å². The highest BCUT2D eigenvalue weighted by atomic mass is 16.2. The average Bonchev–Trinajstić information content (AvgIpc) is 2.96. The van der Waals surface area contributed by atoms with E-state index in [0.29, 0.717) is 52.7 Å². The molecule has 1 aromatic carbocycles. The minimum Gasteiger partial charge on any atom is -0.348 e. The lowest BCUT2D eigenvalue weighted by Crippen LogP contribution is -2.50. The van der Waals surface area contributed by atoms with Crippen LogP contribution >= 0.6 is 0 Å². The van der Waals surface area contributed by atoms with Crippen LogP contribution < -0.4 is 15.5 Å². The van der Waals surface area contributed by atoms with E-state index in [0.717, 1.165) is 18.4 Å². The molecule has 4 heterocycles. The molecule has 1 fully saturated rings. The first-order valence-electron chi connectivity index (χ1n) is 12.8. The lowest BCUT2D eigenvalue weighted by molar-refractivity contribution is -0.128. The molecule has 2 N–H and O–H groups in total. The van der Waals surface area contributed by atoms with Crippen molar-refractivity contribution in [2.75, 3.05) is 18.0 Å². The molecule has 10 heteroatoms. The Morgan fingerprint density at radius 2 is 2.00 bits per heavy atom. The minimum absolute atomic E-state index is 0.152. The van der Waals surface area contributed by atoms with Gasteiger partial charge in [0.05, 0.1) is 29.0 Å². The Balaban J connectivity index is 1.47. The Morgan fingerprint density at radius 3 is 2.77 bits per heavy atom. The van der Waals surface area contributed by atoms with Gasteiger partial charge in [-0.1, -0.05) is 36.9 Å². The molecule has 39 heavy (non-hydrogen) atoms. The van der Waals surface area contributed by atoms with Crippen molar-refractivity contribution in [3.63, 3.8) is 0 Å². The van der Waals surface area contributed by atoms with Gasteiger partial charge in [-0.25, -0.2) is 4.79 Å². The first kappa shape index (κ1) is 25.8. The summed E-state index contributed by atoms with van der Waals surface area (Å²) in [6, 6.07) is 12.5. The van der Waals surface area contributed by atoms with Crippen LogP contribution in [0, 0.1) is 6.92 Å². The number of aryl methyl sites for hydroxylation is 1. The molecule has 0 radical (unpaired) electrons. The van der Waals surface area contributed by atoms with Gasteiger partial charge in [-0.3, -0.25) is 19.5 Å². The quantitative estimate of drug-likeness (QED) is 0.492. The third-order valence-corrected chi connectivity index (χ3v) is 6.97. The molecular weight excluding hydrogens is 494 g/mol.